The van der Waals surface area contributed by atoms with Gasteiger partial charge in [0.25, 0.3) is 0 Å². The maximum atomic E-state index is 12.5. The molecule has 2 N–H and O–H groups in total. The van der Waals surface area contributed by atoms with Gasteiger partial charge in [0, 0.05) is 18.7 Å². The third-order valence-corrected chi connectivity index (χ3v) is 4.70. The number of rotatable bonds is 7. The van der Waals surface area contributed by atoms with Crippen LogP contribution in [0, 0.1) is 6.92 Å². The van der Waals surface area contributed by atoms with Gasteiger partial charge in [-0.05, 0) is 44.7 Å². The lowest BCUT2D eigenvalue weighted by atomic mass is 10.2. The van der Waals surface area contributed by atoms with Gasteiger partial charge in [-0.25, -0.2) is 0 Å². The molecule has 1 aliphatic heterocycles. The van der Waals surface area contributed by atoms with Gasteiger partial charge < -0.3 is 15.5 Å². The molecule has 3 rings (SSSR count). The lowest BCUT2D eigenvalue weighted by Gasteiger charge is -2.21. The van der Waals surface area contributed by atoms with Crippen molar-refractivity contribution in [3.63, 3.8) is 0 Å². The summed E-state index contributed by atoms with van der Waals surface area (Å²) < 4.78 is 0. The maximum Gasteiger partial charge on any atom is 0.238 e. The molecule has 7 heteroatoms. The standard InChI is InChI=1S/C22H26N4O3/c1-16-9-11-17(12-10-16)23-20(27)14-25(2)15-21(28)24-18-6-3-4-7-19(18)26-13-5-8-22(26)29/h3-4,6-7,9-12H,5,8,13-15H2,1-2H3,(H,23,27)(H,24,28). The summed E-state index contributed by atoms with van der Waals surface area (Å²) in [5.41, 5.74) is 3.16. The zero-order chi connectivity index (χ0) is 20.8. The molecule has 0 spiro atoms. The summed E-state index contributed by atoms with van der Waals surface area (Å²) in [4.78, 5) is 40.0. The van der Waals surface area contributed by atoms with E-state index in [1.54, 1.807) is 22.9 Å². The molecule has 1 heterocycles. The Hall–Kier alpha value is -3.19. The van der Waals surface area contributed by atoms with E-state index < -0.39 is 0 Å². The summed E-state index contributed by atoms with van der Waals surface area (Å²) in [6, 6.07) is 14.8. The van der Waals surface area contributed by atoms with E-state index in [0.717, 1.165) is 17.7 Å². The van der Waals surface area contributed by atoms with E-state index in [0.29, 0.717) is 24.3 Å². The molecule has 1 saturated heterocycles. The fourth-order valence-corrected chi connectivity index (χ4v) is 3.29. The van der Waals surface area contributed by atoms with Crippen LogP contribution in [-0.4, -0.2) is 49.3 Å². The monoisotopic (exact) mass is 394 g/mol. The van der Waals surface area contributed by atoms with Crippen molar-refractivity contribution in [2.75, 3.05) is 42.2 Å². The number of nitrogens with one attached hydrogen (secondary N) is 2. The van der Waals surface area contributed by atoms with Crippen molar-refractivity contribution < 1.29 is 14.4 Å². The minimum Gasteiger partial charge on any atom is -0.325 e. The first-order chi connectivity index (χ1) is 13.9. The topological polar surface area (TPSA) is 81.8 Å². The largest absolute Gasteiger partial charge is 0.325 e. The van der Waals surface area contributed by atoms with Gasteiger partial charge >= 0.3 is 0 Å². The average Bonchev–Trinajstić information content (AvgIpc) is 3.09. The lowest BCUT2D eigenvalue weighted by Crippen LogP contribution is -2.36. The Labute approximate surface area is 170 Å². The number of carbonyl (C=O) groups is 3. The van der Waals surface area contributed by atoms with Gasteiger partial charge in [0.1, 0.15) is 0 Å². The summed E-state index contributed by atoms with van der Waals surface area (Å²) in [5.74, 6) is -0.362. The smallest absolute Gasteiger partial charge is 0.238 e. The first-order valence-corrected chi connectivity index (χ1v) is 9.66. The summed E-state index contributed by atoms with van der Waals surface area (Å²) in [6.07, 6.45) is 1.35. The van der Waals surface area contributed by atoms with Crippen LogP contribution < -0.4 is 15.5 Å². The average molecular weight is 394 g/mol. The molecule has 0 saturated carbocycles. The summed E-state index contributed by atoms with van der Waals surface area (Å²) >= 11 is 0. The predicted molar refractivity (Wildman–Crippen MR) is 114 cm³/mol. The van der Waals surface area contributed by atoms with E-state index >= 15 is 0 Å². The van der Waals surface area contributed by atoms with Crippen molar-refractivity contribution in [1.29, 1.82) is 0 Å². The van der Waals surface area contributed by atoms with Gasteiger partial charge in [0.2, 0.25) is 17.7 Å². The fraction of sp³-hybridized carbons (Fsp3) is 0.318. The Kier molecular flexibility index (Phi) is 6.61. The van der Waals surface area contributed by atoms with E-state index in [1.807, 2.05) is 49.4 Å². The van der Waals surface area contributed by atoms with Gasteiger partial charge in [-0.15, -0.1) is 0 Å². The molecule has 0 aliphatic carbocycles. The molecule has 29 heavy (non-hydrogen) atoms. The Morgan fingerprint density at radius 1 is 1.00 bits per heavy atom. The second kappa shape index (κ2) is 9.34. The molecule has 1 fully saturated rings. The molecule has 1 aliphatic rings. The van der Waals surface area contributed by atoms with Crippen molar-refractivity contribution in [3.8, 4) is 0 Å². The highest BCUT2D eigenvalue weighted by Crippen LogP contribution is 2.29. The van der Waals surface area contributed by atoms with E-state index in [2.05, 4.69) is 10.6 Å². The molecular weight excluding hydrogens is 368 g/mol. The zero-order valence-electron chi connectivity index (χ0n) is 16.8. The molecule has 7 nitrogen and oxygen atoms in total. The van der Waals surface area contributed by atoms with Gasteiger partial charge in [0.05, 0.1) is 24.5 Å². The SMILES string of the molecule is Cc1ccc(NC(=O)CN(C)CC(=O)Nc2ccccc2N2CCCC2=O)cc1. The van der Waals surface area contributed by atoms with Crippen LogP contribution in [0.25, 0.3) is 0 Å². The first kappa shape index (κ1) is 20.5. The number of para-hydroxylation sites is 2. The molecule has 2 aromatic rings. The minimum absolute atomic E-state index is 0.0591. The quantitative estimate of drug-likeness (QED) is 0.756. The molecule has 0 radical (unpaired) electrons. The highest BCUT2D eigenvalue weighted by molar-refractivity contribution is 6.02. The van der Waals surface area contributed by atoms with Gasteiger partial charge in [-0.2, -0.15) is 0 Å². The number of benzene rings is 2. The van der Waals surface area contributed by atoms with Crippen LogP contribution in [0.2, 0.25) is 0 Å². The number of likely N-dealkylation sites (N-methyl/N-ethyl adjacent to an activating group) is 1. The Morgan fingerprint density at radius 2 is 1.66 bits per heavy atom. The van der Waals surface area contributed by atoms with Gasteiger partial charge in [0.15, 0.2) is 0 Å². The van der Waals surface area contributed by atoms with Crippen molar-refractivity contribution in [1.82, 2.24) is 4.90 Å². The number of carbonyl (C=O) groups excluding carboxylic acids is 3. The van der Waals surface area contributed by atoms with E-state index in [9.17, 15) is 14.4 Å². The fourth-order valence-electron chi connectivity index (χ4n) is 3.29. The molecule has 0 unspecified atom stereocenters. The van der Waals surface area contributed by atoms with Crippen LogP contribution in [0.15, 0.2) is 48.5 Å². The number of aryl methyl sites for hydroxylation is 1. The number of hydrogen-bond donors (Lipinski definition) is 2. The summed E-state index contributed by atoms with van der Waals surface area (Å²) in [7, 11) is 1.71. The van der Waals surface area contributed by atoms with Crippen LogP contribution in [0.1, 0.15) is 18.4 Å². The van der Waals surface area contributed by atoms with Gasteiger partial charge in [-0.3, -0.25) is 19.3 Å². The highest BCUT2D eigenvalue weighted by Gasteiger charge is 2.24. The molecule has 0 bridgehead atoms. The van der Waals surface area contributed by atoms with Crippen molar-refractivity contribution in [3.05, 3.63) is 54.1 Å². The normalized spacial score (nSPS) is 13.6. The van der Waals surface area contributed by atoms with Crippen LogP contribution >= 0.6 is 0 Å². The number of amides is 3. The molecule has 3 amide bonds. The maximum absolute atomic E-state index is 12.5. The Bertz CT molecular complexity index is 895. The van der Waals surface area contributed by atoms with E-state index in [-0.39, 0.29) is 30.8 Å². The van der Waals surface area contributed by atoms with Crippen LogP contribution in [0.4, 0.5) is 17.1 Å². The molecule has 0 atom stereocenters. The second-order valence-corrected chi connectivity index (χ2v) is 7.30. The summed E-state index contributed by atoms with van der Waals surface area (Å²) in [6.45, 7) is 2.79. The predicted octanol–water partition coefficient (Wildman–Crippen LogP) is 2.63. The molecule has 152 valence electrons. The van der Waals surface area contributed by atoms with Gasteiger partial charge in [-0.1, -0.05) is 29.8 Å². The molecular formula is C22H26N4O3. The van der Waals surface area contributed by atoms with Crippen LogP contribution in [0.3, 0.4) is 0 Å². The first-order valence-electron chi connectivity index (χ1n) is 9.66. The molecule has 0 aromatic heterocycles. The number of nitrogens with zero attached hydrogens (tertiary/aromatic N) is 2. The van der Waals surface area contributed by atoms with Crippen molar-refractivity contribution in [2.24, 2.45) is 0 Å². The second-order valence-electron chi connectivity index (χ2n) is 7.30. The van der Waals surface area contributed by atoms with Crippen LogP contribution in [-0.2, 0) is 14.4 Å². The Morgan fingerprint density at radius 3 is 2.31 bits per heavy atom. The van der Waals surface area contributed by atoms with Crippen molar-refractivity contribution >= 4 is 34.8 Å². The highest BCUT2D eigenvalue weighted by atomic mass is 16.2. The number of hydrogen-bond acceptors (Lipinski definition) is 4. The van der Waals surface area contributed by atoms with Crippen LogP contribution in [0.5, 0.6) is 0 Å². The lowest BCUT2D eigenvalue weighted by molar-refractivity contribution is -0.120. The molecule has 2 aromatic carbocycles. The third-order valence-electron chi connectivity index (χ3n) is 4.70. The summed E-state index contributed by atoms with van der Waals surface area (Å²) in [5, 5.41) is 5.68. The van der Waals surface area contributed by atoms with E-state index in [1.165, 1.54) is 0 Å². The minimum atomic E-state index is -0.241. The third kappa shape index (κ3) is 5.65. The Balaban J connectivity index is 1.53. The van der Waals surface area contributed by atoms with E-state index in [4.69, 9.17) is 0 Å². The van der Waals surface area contributed by atoms with Crippen molar-refractivity contribution in [2.45, 2.75) is 19.8 Å². The number of anilines is 3. The zero-order valence-corrected chi connectivity index (χ0v) is 16.8.